The fourth-order valence-corrected chi connectivity index (χ4v) is 4.81. The Hall–Kier alpha value is -2.67. The Morgan fingerprint density at radius 2 is 2.33 bits per heavy atom. The number of aryl methyl sites for hydroxylation is 2. The molecule has 4 aromatic heterocycles. The minimum atomic E-state index is -0.192. The van der Waals surface area contributed by atoms with Crippen LogP contribution < -0.4 is 5.69 Å². The monoisotopic (exact) mass is 338 g/mol. The topological polar surface area (TPSA) is 65.3 Å². The molecule has 24 heavy (non-hydrogen) atoms. The van der Waals surface area contributed by atoms with Gasteiger partial charge in [0.2, 0.25) is 5.82 Å². The summed E-state index contributed by atoms with van der Waals surface area (Å²) in [5, 5.41) is 5.46. The van der Waals surface area contributed by atoms with Gasteiger partial charge in [0.1, 0.15) is 4.83 Å². The van der Waals surface area contributed by atoms with E-state index in [1.807, 2.05) is 0 Å². The number of nitrogens with zero attached hydrogens (tertiary/aromatic N) is 4. The van der Waals surface area contributed by atoms with Gasteiger partial charge in [-0.05, 0) is 37.0 Å². The van der Waals surface area contributed by atoms with E-state index in [4.69, 9.17) is 4.42 Å². The van der Waals surface area contributed by atoms with Gasteiger partial charge in [-0.25, -0.2) is 9.78 Å². The van der Waals surface area contributed by atoms with E-state index in [9.17, 15) is 4.79 Å². The lowest BCUT2D eigenvalue weighted by atomic mass is 10.2. The third kappa shape index (κ3) is 1.73. The summed E-state index contributed by atoms with van der Waals surface area (Å²) < 4.78 is 8.53. The summed E-state index contributed by atoms with van der Waals surface area (Å²) in [4.78, 5) is 19.8. The zero-order valence-electron chi connectivity index (χ0n) is 12.9. The predicted molar refractivity (Wildman–Crippen MR) is 92.6 cm³/mol. The van der Waals surface area contributed by atoms with Gasteiger partial charge in [0.15, 0.2) is 11.4 Å². The van der Waals surface area contributed by atoms with Crippen LogP contribution in [0.4, 0.5) is 0 Å². The van der Waals surface area contributed by atoms with Crippen LogP contribution in [0, 0.1) is 0 Å². The van der Waals surface area contributed by atoms with Gasteiger partial charge in [-0.3, -0.25) is 4.57 Å². The van der Waals surface area contributed by atoms with Crippen LogP contribution in [-0.4, -0.2) is 19.2 Å². The van der Waals surface area contributed by atoms with E-state index in [1.54, 1.807) is 40.4 Å². The van der Waals surface area contributed by atoms with Crippen molar-refractivity contribution >= 4 is 27.2 Å². The maximum Gasteiger partial charge on any atom is 0.352 e. The highest BCUT2D eigenvalue weighted by Gasteiger charge is 2.25. The lowest BCUT2D eigenvalue weighted by molar-refractivity contribution is 0.576. The van der Waals surface area contributed by atoms with Crippen LogP contribution in [0.15, 0.2) is 40.3 Å². The second kappa shape index (κ2) is 4.91. The van der Waals surface area contributed by atoms with Gasteiger partial charge in [-0.1, -0.05) is 6.08 Å². The van der Waals surface area contributed by atoms with E-state index in [-0.39, 0.29) is 5.69 Å². The molecule has 0 fully saturated rings. The Kier molecular flexibility index (Phi) is 2.81. The molecule has 0 N–H and O–H groups in total. The molecular formula is C17H14N4O2S. The second-order valence-electron chi connectivity index (χ2n) is 5.87. The summed E-state index contributed by atoms with van der Waals surface area (Å²) in [7, 11) is 0. The average Bonchev–Trinajstić information content (AvgIpc) is 3.32. The highest BCUT2D eigenvalue weighted by Crippen LogP contribution is 2.38. The van der Waals surface area contributed by atoms with Gasteiger partial charge in [-0.2, -0.15) is 4.52 Å². The maximum absolute atomic E-state index is 12.9. The summed E-state index contributed by atoms with van der Waals surface area (Å²) >= 11 is 1.70. The van der Waals surface area contributed by atoms with Crippen LogP contribution in [-0.2, 0) is 19.4 Å². The molecule has 0 atom stereocenters. The first kappa shape index (κ1) is 13.7. The zero-order valence-corrected chi connectivity index (χ0v) is 13.7. The van der Waals surface area contributed by atoms with Crippen molar-refractivity contribution in [3.05, 3.63) is 52.0 Å². The molecule has 0 bridgehead atoms. The van der Waals surface area contributed by atoms with Crippen LogP contribution in [0.5, 0.6) is 0 Å². The minimum Gasteiger partial charge on any atom is -0.461 e. The smallest absolute Gasteiger partial charge is 0.352 e. The molecule has 0 unspecified atom stereocenters. The molecule has 4 heterocycles. The molecule has 5 rings (SSSR count). The molecule has 4 aromatic rings. The number of rotatable bonds is 3. The van der Waals surface area contributed by atoms with Gasteiger partial charge in [-0.15, -0.1) is 23.0 Å². The molecule has 0 aromatic carbocycles. The third-order valence-electron chi connectivity index (χ3n) is 4.44. The first-order chi connectivity index (χ1) is 11.8. The summed E-state index contributed by atoms with van der Waals surface area (Å²) in [6, 6.07) is 3.58. The van der Waals surface area contributed by atoms with Crippen molar-refractivity contribution in [1.29, 1.82) is 0 Å². The van der Waals surface area contributed by atoms with Crippen LogP contribution in [0.1, 0.15) is 16.9 Å². The maximum atomic E-state index is 12.9. The van der Waals surface area contributed by atoms with Crippen molar-refractivity contribution in [3.63, 3.8) is 0 Å². The highest BCUT2D eigenvalue weighted by atomic mass is 32.1. The van der Waals surface area contributed by atoms with E-state index in [1.165, 1.54) is 15.0 Å². The normalized spacial score (nSPS) is 13.8. The minimum absolute atomic E-state index is 0.192. The molecule has 1 aliphatic rings. The number of hydrogen-bond donors (Lipinski definition) is 0. The van der Waals surface area contributed by atoms with Crippen molar-refractivity contribution < 1.29 is 4.42 Å². The van der Waals surface area contributed by atoms with E-state index < -0.39 is 0 Å². The lowest BCUT2D eigenvalue weighted by Gasteiger charge is -2.05. The summed E-state index contributed by atoms with van der Waals surface area (Å²) in [5.74, 6) is 1.00. The van der Waals surface area contributed by atoms with Crippen molar-refractivity contribution in [2.75, 3.05) is 0 Å². The van der Waals surface area contributed by atoms with Gasteiger partial charge in [0.05, 0.1) is 11.6 Å². The Morgan fingerprint density at radius 1 is 1.42 bits per heavy atom. The molecule has 1 aliphatic carbocycles. The third-order valence-corrected chi connectivity index (χ3v) is 5.76. The predicted octanol–water partition coefficient (Wildman–Crippen LogP) is 3.04. The molecule has 0 saturated heterocycles. The summed E-state index contributed by atoms with van der Waals surface area (Å²) in [5.41, 5.74) is 1.75. The van der Waals surface area contributed by atoms with Crippen molar-refractivity contribution in [2.24, 2.45) is 0 Å². The molecule has 120 valence electrons. The number of furan rings is 1. The van der Waals surface area contributed by atoms with Gasteiger partial charge < -0.3 is 4.42 Å². The van der Waals surface area contributed by atoms with Crippen LogP contribution in [0.3, 0.4) is 0 Å². The molecule has 6 nitrogen and oxygen atoms in total. The number of fused-ring (bicyclic) bond motifs is 5. The summed E-state index contributed by atoms with van der Waals surface area (Å²) in [6.07, 6.45) is 6.57. The van der Waals surface area contributed by atoms with Gasteiger partial charge in [0, 0.05) is 11.4 Å². The van der Waals surface area contributed by atoms with E-state index >= 15 is 0 Å². The fraction of sp³-hybridized carbons (Fsp3) is 0.235. The molecule has 0 saturated carbocycles. The summed E-state index contributed by atoms with van der Waals surface area (Å²) in [6.45, 7) is 4.24. The van der Waals surface area contributed by atoms with Crippen molar-refractivity contribution in [1.82, 2.24) is 19.2 Å². The van der Waals surface area contributed by atoms with Gasteiger partial charge >= 0.3 is 5.69 Å². The number of hydrogen-bond acceptors (Lipinski definition) is 5. The molecule has 0 radical (unpaired) electrons. The Morgan fingerprint density at radius 3 is 3.12 bits per heavy atom. The first-order valence-corrected chi connectivity index (χ1v) is 8.68. The van der Waals surface area contributed by atoms with Gasteiger partial charge in [0.25, 0.3) is 0 Å². The van der Waals surface area contributed by atoms with E-state index in [0.717, 1.165) is 29.5 Å². The molecule has 0 aliphatic heterocycles. The molecular weight excluding hydrogens is 324 g/mol. The fourth-order valence-electron chi connectivity index (χ4n) is 3.42. The molecule has 0 amide bonds. The van der Waals surface area contributed by atoms with Crippen molar-refractivity contribution in [3.8, 4) is 11.6 Å². The van der Waals surface area contributed by atoms with E-state index in [2.05, 4.69) is 16.7 Å². The Labute approximate surface area is 140 Å². The number of aromatic nitrogens is 4. The highest BCUT2D eigenvalue weighted by molar-refractivity contribution is 7.19. The van der Waals surface area contributed by atoms with E-state index in [0.29, 0.717) is 23.8 Å². The SMILES string of the molecule is C=CCn1c(=O)n2nc(-c3ccco3)nc2c2c3c(sc21)CCC3. The zero-order chi connectivity index (χ0) is 16.3. The average molecular weight is 338 g/mol. The standard InChI is InChI=1S/C17H14N4O2S/c1-2-8-20-16-13(10-5-3-7-12(10)24-16)15-18-14(11-6-4-9-23-11)19-21(15)17(20)22/h2,4,6,9H,1,3,5,7-8H2. The largest absolute Gasteiger partial charge is 0.461 e. The van der Waals surface area contributed by atoms with Crippen LogP contribution in [0.25, 0.3) is 27.4 Å². The second-order valence-corrected chi connectivity index (χ2v) is 6.95. The first-order valence-electron chi connectivity index (χ1n) is 7.86. The quantitative estimate of drug-likeness (QED) is 0.539. The molecule has 7 heteroatoms. The van der Waals surface area contributed by atoms with Crippen LogP contribution in [0.2, 0.25) is 0 Å². The Balaban J connectivity index is 1.94. The number of thiophene rings is 1. The molecule has 0 spiro atoms. The van der Waals surface area contributed by atoms with Crippen LogP contribution >= 0.6 is 11.3 Å². The Bertz CT molecular complexity index is 1150. The lowest BCUT2D eigenvalue weighted by Crippen LogP contribution is -2.27. The number of allylic oxidation sites excluding steroid dienone is 1. The van der Waals surface area contributed by atoms with Crippen molar-refractivity contribution in [2.45, 2.75) is 25.8 Å².